The summed E-state index contributed by atoms with van der Waals surface area (Å²) in [6.07, 6.45) is 3.99. The first-order valence-electron chi connectivity index (χ1n) is 18.0. The molecule has 2 fully saturated rings. The first-order chi connectivity index (χ1) is 26.3. The number of nitrogens with zero attached hydrogens (tertiary/aromatic N) is 3. The Morgan fingerprint density at radius 3 is 2.16 bits per heavy atom. The number of nitrogens with one attached hydrogen (secondary N) is 5. The number of ether oxygens (including phenoxy) is 1. The number of aliphatic carboxylic acids is 1. The zero-order chi connectivity index (χ0) is 39.2. The summed E-state index contributed by atoms with van der Waals surface area (Å²) in [5.74, 6) is -2.15. The van der Waals surface area contributed by atoms with E-state index in [1.807, 2.05) is 12.1 Å². The van der Waals surface area contributed by atoms with E-state index in [0.29, 0.717) is 23.6 Å². The number of hydrogen-bond donors (Lipinski definition) is 6. The number of carboxylic acid groups (broad SMARTS) is 1. The van der Waals surface area contributed by atoms with Gasteiger partial charge in [0.1, 0.15) is 17.4 Å². The average molecular weight is 785 g/mol. The lowest BCUT2D eigenvalue weighted by Gasteiger charge is -2.24. The summed E-state index contributed by atoms with van der Waals surface area (Å²) in [7, 11) is 0. The smallest absolute Gasteiger partial charge is 0.422 e. The van der Waals surface area contributed by atoms with Crippen molar-refractivity contribution in [3.8, 4) is 6.01 Å². The minimum Gasteiger partial charge on any atom is -0.480 e. The number of amides is 1. The molecule has 1 aromatic heterocycles. The van der Waals surface area contributed by atoms with Crippen LogP contribution in [0, 0.1) is 0 Å². The number of carbonyl (C=O) groups excluding carboxylic acids is 1. The molecule has 1 atom stereocenters. The first kappa shape index (κ1) is 39.2. The zero-order valence-corrected chi connectivity index (χ0v) is 30.4. The van der Waals surface area contributed by atoms with E-state index in [0.717, 1.165) is 44.1 Å². The molecule has 292 valence electrons. The molecule has 0 spiro atoms. The molecule has 0 aliphatic heterocycles. The van der Waals surface area contributed by atoms with Crippen molar-refractivity contribution >= 4 is 52.4 Å². The Balaban J connectivity index is 1.07. The number of benzene rings is 2. The Hall–Kier alpha value is -5.45. The molecular formula is C37H40ClF3N8O6. The summed E-state index contributed by atoms with van der Waals surface area (Å²) >= 11 is 6.03. The summed E-state index contributed by atoms with van der Waals surface area (Å²) < 4.78 is 43.7. The maximum Gasteiger partial charge on any atom is 0.422 e. The van der Waals surface area contributed by atoms with Crippen LogP contribution in [0.1, 0.15) is 80.1 Å². The van der Waals surface area contributed by atoms with Crippen LogP contribution >= 0.6 is 11.6 Å². The molecule has 6 rings (SSSR count). The lowest BCUT2D eigenvalue weighted by Crippen LogP contribution is -2.43. The topological polar surface area (TPSA) is 197 Å². The van der Waals surface area contributed by atoms with Gasteiger partial charge in [-0.15, -0.1) is 0 Å². The molecule has 3 aromatic carbocycles. The number of carbonyl (C=O) groups is 2. The van der Waals surface area contributed by atoms with Gasteiger partial charge in [-0.2, -0.15) is 28.1 Å². The Bertz CT molecular complexity index is 2050. The van der Waals surface area contributed by atoms with Crippen LogP contribution in [0.5, 0.6) is 6.01 Å². The van der Waals surface area contributed by atoms with Crippen LogP contribution in [0.2, 0.25) is 5.02 Å². The van der Waals surface area contributed by atoms with E-state index >= 15 is 0 Å². The van der Waals surface area contributed by atoms with Gasteiger partial charge in [-0.05, 0) is 74.1 Å². The van der Waals surface area contributed by atoms with E-state index in [4.69, 9.17) is 16.3 Å². The van der Waals surface area contributed by atoms with Crippen molar-refractivity contribution in [2.75, 3.05) is 34.4 Å². The highest BCUT2D eigenvalue weighted by atomic mass is 35.5. The molecule has 0 saturated heterocycles. The number of alkyl halides is 3. The molecule has 6 N–H and O–H groups in total. The van der Waals surface area contributed by atoms with Gasteiger partial charge in [0.25, 0.3) is 16.8 Å². The van der Waals surface area contributed by atoms with Gasteiger partial charge in [0.05, 0.1) is 5.54 Å². The molecule has 4 aromatic rings. The fourth-order valence-electron chi connectivity index (χ4n) is 6.45. The van der Waals surface area contributed by atoms with Crippen molar-refractivity contribution < 1.29 is 32.6 Å². The Morgan fingerprint density at radius 1 is 0.891 bits per heavy atom. The van der Waals surface area contributed by atoms with E-state index in [2.05, 4.69) is 41.5 Å². The van der Waals surface area contributed by atoms with Crippen LogP contribution in [-0.2, 0) is 10.3 Å². The quantitative estimate of drug-likeness (QED) is 0.0712. The van der Waals surface area contributed by atoms with E-state index in [9.17, 15) is 37.5 Å². The van der Waals surface area contributed by atoms with Crippen molar-refractivity contribution in [3.63, 3.8) is 0 Å². The normalized spacial score (nSPS) is 16.3. The van der Waals surface area contributed by atoms with E-state index in [1.54, 1.807) is 12.1 Å². The van der Waals surface area contributed by atoms with Gasteiger partial charge in [0.15, 0.2) is 6.61 Å². The molecule has 1 unspecified atom stereocenters. The summed E-state index contributed by atoms with van der Waals surface area (Å²) in [5, 5.41) is 25.0. The van der Waals surface area contributed by atoms with Gasteiger partial charge in [-0.25, -0.2) is 4.79 Å². The van der Waals surface area contributed by atoms with E-state index in [1.165, 1.54) is 30.7 Å². The van der Waals surface area contributed by atoms with Gasteiger partial charge in [0.2, 0.25) is 11.9 Å². The SMILES string of the molecule is O=C(NC(CCNc1c(NC2CCCCCCC2)c(=O)c1=O)C(=O)O)c1ccc(Nc2nc(NC3(c4ccc(Cl)cc4)CC3)nc(OCC(F)(F)F)n2)cc1. The number of rotatable bonds is 16. The van der Waals surface area contributed by atoms with Crippen LogP contribution in [0.4, 0.5) is 42.1 Å². The molecule has 2 aliphatic rings. The van der Waals surface area contributed by atoms with Gasteiger partial charge < -0.3 is 36.4 Å². The second-order valence-corrected chi connectivity index (χ2v) is 14.2. The Kier molecular flexibility index (Phi) is 12.1. The van der Waals surface area contributed by atoms with Gasteiger partial charge in [-0.1, -0.05) is 55.8 Å². The standard InChI is InChI=1S/C37H40ClF3N8O6/c38-23-12-10-22(11-13-23)36(17-18-36)49-34-46-33(47-35(48-34)55-20-37(39,40)41)44-25-14-8-21(9-15-25)31(52)45-26(32(53)54)16-19-42-27-28(30(51)29(27)50)43-24-6-4-2-1-3-5-7-24/h8-15,24,26,42-43H,1-7,16-20H2,(H,45,52)(H,53,54)(H2,44,46,47,48,49). The molecule has 1 heterocycles. The van der Waals surface area contributed by atoms with Crippen molar-refractivity contribution in [1.29, 1.82) is 0 Å². The van der Waals surface area contributed by atoms with Crippen molar-refractivity contribution in [2.45, 2.75) is 88.0 Å². The van der Waals surface area contributed by atoms with Gasteiger partial charge in [0, 0.05) is 28.9 Å². The summed E-state index contributed by atoms with van der Waals surface area (Å²) in [4.78, 5) is 62.0. The highest BCUT2D eigenvalue weighted by Gasteiger charge is 2.45. The van der Waals surface area contributed by atoms with Crippen LogP contribution in [0.3, 0.4) is 0 Å². The predicted octanol–water partition coefficient (Wildman–Crippen LogP) is 6.12. The minimum atomic E-state index is -4.64. The van der Waals surface area contributed by atoms with Crippen LogP contribution in [-0.4, -0.2) is 63.3 Å². The molecule has 0 radical (unpaired) electrons. The van der Waals surface area contributed by atoms with E-state index < -0.39 is 53.1 Å². The maximum atomic E-state index is 13.0. The molecule has 18 heteroatoms. The third-order valence-electron chi connectivity index (χ3n) is 9.58. The Morgan fingerprint density at radius 2 is 1.53 bits per heavy atom. The fourth-order valence-corrected chi connectivity index (χ4v) is 6.58. The summed E-state index contributed by atoms with van der Waals surface area (Å²) in [5.41, 5.74) is -0.120. The molecule has 14 nitrogen and oxygen atoms in total. The fraction of sp³-hybridized carbons (Fsp3) is 0.432. The van der Waals surface area contributed by atoms with Crippen LogP contribution in [0.25, 0.3) is 0 Å². The first-order valence-corrected chi connectivity index (χ1v) is 18.4. The Labute approximate surface area is 318 Å². The number of carboxylic acids is 1. The number of hydrogen-bond acceptors (Lipinski definition) is 12. The predicted molar refractivity (Wildman–Crippen MR) is 200 cm³/mol. The molecule has 2 aliphatic carbocycles. The minimum absolute atomic E-state index is 0.00255. The number of anilines is 5. The second kappa shape index (κ2) is 16.9. The van der Waals surface area contributed by atoms with Crippen molar-refractivity contribution in [3.05, 3.63) is 85.1 Å². The number of aromatic nitrogens is 3. The van der Waals surface area contributed by atoms with Crippen molar-refractivity contribution in [2.24, 2.45) is 0 Å². The van der Waals surface area contributed by atoms with Gasteiger partial charge in [-0.3, -0.25) is 14.4 Å². The average Bonchev–Trinajstić information content (AvgIpc) is 3.92. The third kappa shape index (κ3) is 10.4. The molecule has 0 bridgehead atoms. The lowest BCUT2D eigenvalue weighted by atomic mass is 9.96. The zero-order valence-electron chi connectivity index (χ0n) is 29.6. The largest absolute Gasteiger partial charge is 0.480 e. The monoisotopic (exact) mass is 784 g/mol. The molecule has 2 saturated carbocycles. The third-order valence-corrected chi connectivity index (χ3v) is 9.84. The lowest BCUT2D eigenvalue weighted by molar-refractivity contribution is -0.154. The van der Waals surface area contributed by atoms with Crippen LogP contribution in [0.15, 0.2) is 58.1 Å². The summed E-state index contributed by atoms with van der Waals surface area (Å²) in [6.45, 7) is -1.62. The summed E-state index contributed by atoms with van der Waals surface area (Å²) in [6, 6.07) is 11.1. The van der Waals surface area contributed by atoms with Gasteiger partial charge >= 0.3 is 18.2 Å². The highest BCUT2D eigenvalue weighted by molar-refractivity contribution is 6.30. The second-order valence-electron chi connectivity index (χ2n) is 13.8. The molecule has 55 heavy (non-hydrogen) atoms. The molecular weight excluding hydrogens is 745 g/mol. The highest BCUT2D eigenvalue weighted by Crippen LogP contribution is 2.48. The van der Waals surface area contributed by atoms with Crippen molar-refractivity contribution in [1.82, 2.24) is 20.3 Å². The maximum absolute atomic E-state index is 13.0. The van der Waals surface area contributed by atoms with E-state index in [-0.39, 0.29) is 47.8 Å². The number of halogens is 4. The van der Waals surface area contributed by atoms with Crippen LogP contribution < -0.4 is 42.2 Å². The molecule has 1 amide bonds.